The van der Waals surface area contributed by atoms with Gasteiger partial charge in [-0.25, -0.2) is 4.98 Å². The van der Waals surface area contributed by atoms with Gasteiger partial charge in [-0.3, -0.25) is 4.79 Å². The summed E-state index contributed by atoms with van der Waals surface area (Å²) in [7, 11) is 0. The summed E-state index contributed by atoms with van der Waals surface area (Å²) in [6.07, 6.45) is 5.63. The quantitative estimate of drug-likeness (QED) is 0.758. The number of hydrogen-bond acceptors (Lipinski definition) is 3. The molecule has 1 aromatic heterocycles. The Bertz CT molecular complexity index is 415. The minimum Gasteiger partial charge on any atom is -0.383 e. The van der Waals surface area contributed by atoms with Gasteiger partial charge in [0, 0.05) is 24.6 Å². The fourth-order valence-electron chi connectivity index (χ4n) is 1.94. The van der Waals surface area contributed by atoms with Gasteiger partial charge in [0.2, 0.25) is 0 Å². The summed E-state index contributed by atoms with van der Waals surface area (Å²) in [5.74, 6) is 0.870. The molecule has 78 valence electrons. The number of nitrogens with two attached hydrogens (primary N) is 1. The van der Waals surface area contributed by atoms with Gasteiger partial charge in [0.05, 0.1) is 0 Å². The van der Waals surface area contributed by atoms with Crippen LogP contribution < -0.4 is 5.73 Å². The number of anilines is 1. The number of ketones is 1. The van der Waals surface area contributed by atoms with Crippen molar-refractivity contribution >= 4 is 17.2 Å². The Labute approximate surface area is 89.0 Å². The highest BCUT2D eigenvalue weighted by molar-refractivity contribution is 5.88. The molecule has 3 heteroatoms. The van der Waals surface area contributed by atoms with Crippen molar-refractivity contribution in [2.24, 2.45) is 0 Å². The van der Waals surface area contributed by atoms with Gasteiger partial charge in [0.25, 0.3) is 0 Å². The lowest BCUT2D eigenvalue weighted by Crippen LogP contribution is -2.06. The van der Waals surface area contributed by atoms with Crippen LogP contribution in [0.25, 0.3) is 5.57 Å². The maximum atomic E-state index is 11.1. The molecule has 0 unspecified atom stereocenters. The molecule has 1 aromatic rings. The molecule has 0 fully saturated rings. The summed E-state index contributed by atoms with van der Waals surface area (Å²) in [6.45, 7) is 2.02. The zero-order valence-corrected chi connectivity index (χ0v) is 8.79. The van der Waals surface area contributed by atoms with Crippen LogP contribution in [0.5, 0.6) is 0 Å². The number of pyridine rings is 1. The predicted molar refractivity (Wildman–Crippen MR) is 60.2 cm³/mol. The molecule has 3 nitrogen and oxygen atoms in total. The zero-order chi connectivity index (χ0) is 10.8. The molecular formula is C12H14N2O. The average Bonchev–Trinajstić information content (AvgIpc) is 2.20. The number of aromatic nitrogens is 1. The Morgan fingerprint density at radius 2 is 2.20 bits per heavy atom. The third-order valence-electron chi connectivity index (χ3n) is 2.76. The summed E-state index contributed by atoms with van der Waals surface area (Å²) in [5.41, 5.74) is 9.16. The molecule has 2 N–H and O–H groups in total. The molecule has 1 heterocycles. The summed E-state index contributed by atoms with van der Waals surface area (Å²) >= 11 is 0. The second-order valence-electron chi connectivity index (χ2n) is 3.86. The normalized spacial score (nSPS) is 16.3. The molecule has 0 aromatic carbocycles. The van der Waals surface area contributed by atoms with E-state index >= 15 is 0 Å². The van der Waals surface area contributed by atoms with Crippen LogP contribution in [0.4, 0.5) is 5.82 Å². The second-order valence-corrected chi connectivity index (χ2v) is 3.86. The molecule has 15 heavy (non-hydrogen) atoms. The number of hydrogen-bond donors (Lipinski definition) is 1. The van der Waals surface area contributed by atoms with Gasteiger partial charge in [0.1, 0.15) is 11.6 Å². The molecule has 0 saturated heterocycles. The SMILES string of the molecule is Cc1ccnc(N)c1C1=CCC(=O)CC1. The van der Waals surface area contributed by atoms with Crippen LogP contribution in [0.1, 0.15) is 30.4 Å². The fraction of sp³-hybridized carbons (Fsp3) is 0.333. The molecule has 0 atom stereocenters. The van der Waals surface area contributed by atoms with Crippen LogP contribution in [-0.2, 0) is 4.79 Å². The van der Waals surface area contributed by atoms with E-state index in [4.69, 9.17) is 5.73 Å². The maximum Gasteiger partial charge on any atom is 0.137 e. The molecule has 0 amide bonds. The van der Waals surface area contributed by atoms with Crippen molar-refractivity contribution in [1.29, 1.82) is 0 Å². The van der Waals surface area contributed by atoms with Crippen molar-refractivity contribution in [3.63, 3.8) is 0 Å². The van der Waals surface area contributed by atoms with Gasteiger partial charge in [-0.2, -0.15) is 0 Å². The number of carbonyl (C=O) groups is 1. The predicted octanol–water partition coefficient (Wildman–Crippen LogP) is 2.11. The molecular weight excluding hydrogens is 188 g/mol. The number of allylic oxidation sites excluding steroid dienone is 2. The van der Waals surface area contributed by atoms with Gasteiger partial charge in [-0.05, 0) is 30.5 Å². The van der Waals surface area contributed by atoms with Crippen molar-refractivity contribution < 1.29 is 4.79 Å². The van der Waals surface area contributed by atoms with E-state index < -0.39 is 0 Å². The Hall–Kier alpha value is -1.64. The third-order valence-corrected chi connectivity index (χ3v) is 2.76. The molecule has 0 radical (unpaired) electrons. The van der Waals surface area contributed by atoms with Crippen LogP contribution in [0.15, 0.2) is 18.3 Å². The van der Waals surface area contributed by atoms with E-state index in [1.54, 1.807) is 6.20 Å². The van der Waals surface area contributed by atoms with Crippen molar-refractivity contribution in [1.82, 2.24) is 4.98 Å². The number of nitrogens with zero attached hydrogens (tertiary/aromatic N) is 1. The van der Waals surface area contributed by atoms with Gasteiger partial charge in [-0.1, -0.05) is 6.08 Å². The van der Waals surface area contributed by atoms with E-state index in [1.807, 2.05) is 19.1 Å². The van der Waals surface area contributed by atoms with Crippen LogP contribution >= 0.6 is 0 Å². The van der Waals surface area contributed by atoms with Gasteiger partial charge < -0.3 is 5.73 Å². The lowest BCUT2D eigenvalue weighted by molar-refractivity contribution is -0.118. The Morgan fingerprint density at radius 1 is 1.40 bits per heavy atom. The molecule has 1 aliphatic carbocycles. The molecule has 0 spiro atoms. The van der Waals surface area contributed by atoms with E-state index in [9.17, 15) is 4.79 Å². The molecule has 0 bridgehead atoms. The van der Waals surface area contributed by atoms with Crippen molar-refractivity contribution in [3.8, 4) is 0 Å². The molecule has 0 aliphatic heterocycles. The van der Waals surface area contributed by atoms with Gasteiger partial charge in [0.15, 0.2) is 0 Å². The topological polar surface area (TPSA) is 56.0 Å². The van der Waals surface area contributed by atoms with Crippen LogP contribution in [0.3, 0.4) is 0 Å². The highest BCUT2D eigenvalue weighted by Crippen LogP contribution is 2.30. The van der Waals surface area contributed by atoms with Gasteiger partial charge in [-0.15, -0.1) is 0 Å². The first-order valence-corrected chi connectivity index (χ1v) is 5.10. The fourth-order valence-corrected chi connectivity index (χ4v) is 1.94. The van der Waals surface area contributed by atoms with E-state index in [0.717, 1.165) is 23.1 Å². The summed E-state index contributed by atoms with van der Waals surface area (Å²) in [6, 6.07) is 1.95. The lowest BCUT2D eigenvalue weighted by Gasteiger charge is -2.15. The number of rotatable bonds is 1. The molecule has 1 aliphatic rings. The smallest absolute Gasteiger partial charge is 0.137 e. The number of carbonyl (C=O) groups excluding carboxylic acids is 1. The Morgan fingerprint density at radius 3 is 2.80 bits per heavy atom. The van der Waals surface area contributed by atoms with Crippen molar-refractivity contribution in [2.45, 2.75) is 26.2 Å². The first kappa shape index (κ1) is 9.90. The number of nitrogen functional groups attached to an aromatic ring is 1. The van der Waals surface area contributed by atoms with Gasteiger partial charge >= 0.3 is 0 Å². The molecule has 2 rings (SSSR count). The minimum absolute atomic E-state index is 0.305. The Balaban J connectivity index is 2.42. The van der Waals surface area contributed by atoms with E-state index in [0.29, 0.717) is 24.4 Å². The van der Waals surface area contributed by atoms with Crippen LogP contribution in [0, 0.1) is 6.92 Å². The highest BCUT2D eigenvalue weighted by Gasteiger charge is 2.15. The standard InChI is InChI=1S/C12H14N2O/c1-8-6-7-14-12(13)11(8)9-2-4-10(15)5-3-9/h2,6-7H,3-5H2,1H3,(H2,13,14). The van der Waals surface area contributed by atoms with E-state index in [2.05, 4.69) is 4.98 Å². The third kappa shape index (κ3) is 1.91. The number of Topliss-reactive ketones (excluding diaryl/α,β-unsaturated/α-hetero) is 1. The van der Waals surface area contributed by atoms with Crippen LogP contribution in [-0.4, -0.2) is 10.8 Å². The first-order valence-electron chi connectivity index (χ1n) is 5.10. The van der Waals surface area contributed by atoms with E-state index in [1.165, 1.54) is 0 Å². The second kappa shape index (κ2) is 3.85. The maximum absolute atomic E-state index is 11.1. The highest BCUT2D eigenvalue weighted by atomic mass is 16.1. The Kier molecular flexibility index (Phi) is 2.54. The minimum atomic E-state index is 0.305. The summed E-state index contributed by atoms with van der Waals surface area (Å²) in [5, 5.41) is 0. The van der Waals surface area contributed by atoms with Crippen LogP contribution in [0.2, 0.25) is 0 Å². The largest absolute Gasteiger partial charge is 0.383 e. The lowest BCUT2D eigenvalue weighted by atomic mass is 9.91. The zero-order valence-electron chi connectivity index (χ0n) is 8.79. The summed E-state index contributed by atoms with van der Waals surface area (Å²) in [4.78, 5) is 15.2. The first-order chi connectivity index (χ1) is 7.18. The summed E-state index contributed by atoms with van der Waals surface area (Å²) < 4.78 is 0. The average molecular weight is 202 g/mol. The van der Waals surface area contributed by atoms with Crippen molar-refractivity contribution in [2.75, 3.05) is 5.73 Å². The number of aryl methyl sites for hydroxylation is 1. The van der Waals surface area contributed by atoms with E-state index in [-0.39, 0.29) is 0 Å². The van der Waals surface area contributed by atoms with Crippen molar-refractivity contribution in [3.05, 3.63) is 29.5 Å². The molecule has 0 saturated carbocycles. The monoisotopic (exact) mass is 202 g/mol.